The Morgan fingerprint density at radius 1 is 1.10 bits per heavy atom. The number of amides is 1. The number of anilines is 1. The van der Waals surface area contributed by atoms with E-state index in [4.69, 9.17) is 5.11 Å². The van der Waals surface area contributed by atoms with Gasteiger partial charge in [-0.3, -0.25) is 19.5 Å². The summed E-state index contributed by atoms with van der Waals surface area (Å²) in [5.41, 5.74) is 2.36. The highest BCUT2D eigenvalue weighted by molar-refractivity contribution is 6.08. The van der Waals surface area contributed by atoms with Crippen LogP contribution in [0.5, 0.6) is 0 Å². The van der Waals surface area contributed by atoms with Crippen LogP contribution >= 0.6 is 0 Å². The van der Waals surface area contributed by atoms with Crippen molar-refractivity contribution in [3.8, 4) is 0 Å². The summed E-state index contributed by atoms with van der Waals surface area (Å²) >= 11 is 0. The molecule has 0 aliphatic carbocycles. The number of aliphatic carboxylic acids is 1. The summed E-state index contributed by atoms with van der Waals surface area (Å²) in [7, 11) is 0. The average Bonchev–Trinajstić information content (AvgIpc) is 2.45. The molecule has 5 nitrogen and oxygen atoms in total. The molecule has 1 aromatic carbocycles. The second kappa shape index (κ2) is 6.17. The van der Waals surface area contributed by atoms with Gasteiger partial charge in [0, 0.05) is 11.4 Å². The molecule has 0 aliphatic rings. The molecule has 2 rings (SSSR count). The van der Waals surface area contributed by atoms with Crippen LogP contribution in [-0.4, -0.2) is 28.5 Å². The molecule has 0 aliphatic heterocycles. The van der Waals surface area contributed by atoms with Gasteiger partial charge in [-0.25, -0.2) is 0 Å². The van der Waals surface area contributed by atoms with E-state index in [1.807, 2.05) is 13.0 Å². The number of carbonyl (C=O) groups excluding carboxylic acids is 1. The molecule has 1 heterocycles. The van der Waals surface area contributed by atoms with Gasteiger partial charge in [0.25, 0.3) is 5.91 Å². The van der Waals surface area contributed by atoms with E-state index in [2.05, 4.69) is 4.98 Å². The summed E-state index contributed by atoms with van der Waals surface area (Å²) < 4.78 is 0. The lowest BCUT2D eigenvalue weighted by molar-refractivity contribution is -0.135. The first-order valence-corrected chi connectivity index (χ1v) is 6.52. The minimum absolute atomic E-state index is 0.367. The van der Waals surface area contributed by atoms with Crippen LogP contribution in [0, 0.1) is 13.8 Å². The smallest absolute Gasteiger partial charge is 0.323 e. The number of benzene rings is 1. The third kappa shape index (κ3) is 3.45. The normalized spacial score (nSPS) is 10.2. The molecule has 0 fully saturated rings. The van der Waals surface area contributed by atoms with Gasteiger partial charge in [-0.1, -0.05) is 18.2 Å². The molecule has 0 spiro atoms. The molecule has 0 saturated carbocycles. The summed E-state index contributed by atoms with van der Waals surface area (Å²) in [4.78, 5) is 29.2. The lowest BCUT2D eigenvalue weighted by atomic mass is 10.1. The van der Waals surface area contributed by atoms with E-state index in [9.17, 15) is 9.59 Å². The van der Waals surface area contributed by atoms with Gasteiger partial charge < -0.3 is 5.11 Å². The highest BCUT2D eigenvalue weighted by atomic mass is 16.4. The van der Waals surface area contributed by atoms with E-state index >= 15 is 0 Å². The molecule has 1 amide bonds. The molecule has 2 aromatic rings. The minimum Gasteiger partial charge on any atom is -0.480 e. The summed E-state index contributed by atoms with van der Waals surface area (Å²) in [5.74, 6) is -1.43. The number of carbonyl (C=O) groups is 2. The van der Waals surface area contributed by atoms with E-state index in [1.54, 1.807) is 43.3 Å². The van der Waals surface area contributed by atoms with Gasteiger partial charge in [0.1, 0.15) is 6.54 Å². The summed E-state index contributed by atoms with van der Waals surface area (Å²) in [6.07, 6.45) is 0. The maximum atomic E-state index is 12.6. The van der Waals surface area contributed by atoms with Crippen LogP contribution in [0.3, 0.4) is 0 Å². The maximum absolute atomic E-state index is 12.6. The highest BCUT2D eigenvalue weighted by Crippen LogP contribution is 2.18. The maximum Gasteiger partial charge on any atom is 0.323 e. The fourth-order valence-corrected chi connectivity index (χ4v) is 2.08. The van der Waals surface area contributed by atoms with E-state index < -0.39 is 12.5 Å². The Bertz CT molecular complexity index is 668. The van der Waals surface area contributed by atoms with Crippen LogP contribution in [0.2, 0.25) is 0 Å². The molecule has 21 heavy (non-hydrogen) atoms. The van der Waals surface area contributed by atoms with Crippen molar-refractivity contribution in [2.45, 2.75) is 13.8 Å². The van der Waals surface area contributed by atoms with Gasteiger partial charge in [0.05, 0.1) is 11.3 Å². The van der Waals surface area contributed by atoms with Gasteiger partial charge in [0.15, 0.2) is 0 Å². The SMILES string of the molecule is Cc1ccc(C(=O)N(CC(=O)O)c2ccccc2)c(C)n1. The van der Waals surface area contributed by atoms with Crippen LogP contribution in [0.1, 0.15) is 21.7 Å². The van der Waals surface area contributed by atoms with Gasteiger partial charge in [-0.15, -0.1) is 0 Å². The second-order valence-electron chi connectivity index (χ2n) is 4.71. The predicted molar refractivity (Wildman–Crippen MR) is 79.5 cm³/mol. The number of carboxylic acid groups (broad SMARTS) is 1. The Morgan fingerprint density at radius 3 is 2.33 bits per heavy atom. The number of para-hydroxylation sites is 1. The summed E-state index contributed by atoms with van der Waals surface area (Å²) in [6, 6.07) is 12.2. The first-order valence-electron chi connectivity index (χ1n) is 6.52. The number of hydrogen-bond donors (Lipinski definition) is 1. The van der Waals surface area contributed by atoms with Gasteiger partial charge in [0.2, 0.25) is 0 Å². The summed E-state index contributed by atoms with van der Waals surface area (Å²) in [6.45, 7) is 3.19. The van der Waals surface area contributed by atoms with E-state index in [0.29, 0.717) is 16.9 Å². The van der Waals surface area contributed by atoms with Gasteiger partial charge >= 0.3 is 5.97 Å². The third-order valence-corrected chi connectivity index (χ3v) is 3.06. The molecule has 5 heteroatoms. The largest absolute Gasteiger partial charge is 0.480 e. The highest BCUT2D eigenvalue weighted by Gasteiger charge is 2.22. The van der Waals surface area contributed by atoms with Crippen LogP contribution in [0.25, 0.3) is 0 Å². The number of rotatable bonds is 4. The molecule has 0 radical (unpaired) electrons. The molecule has 0 saturated heterocycles. The van der Waals surface area contributed by atoms with Crippen molar-refractivity contribution in [2.24, 2.45) is 0 Å². The molecule has 1 aromatic heterocycles. The summed E-state index contributed by atoms with van der Waals surface area (Å²) in [5, 5.41) is 9.04. The molecule has 0 bridgehead atoms. The zero-order chi connectivity index (χ0) is 15.4. The van der Waals surface area contributed by atoms with Crippen molar-refractivity contribution in [1.29, 1.82) is 0 Å². The predicted octanol–water partition coefficient (Wildman–Crippen LogP) is 2.43. The van der Waals surface area contributed by atoms with E-state index in [1.165, 1.54) is 4.90 Å². The van der Waals surface area contributed by atoms with Crippen molar-refractivity contribution in [2.75, 3.05) is 11.4 Å². The number of pyridine rings is 1. The average molecular weight is 284 g/mol. The zero-order valence-electron chi connectivity index (χ0n) is 11.9. The zero-order valence-corrected chi connectivity index (χ0v) is 11.9. The van der Waals surface area contributed by atoms with Crippen molar-refractivity contribution in [1.82, 2.24) is 4.98 Å². The van der Waals surface area contributed by atoms with Crippen molar-refractivity contribution < 1.29 is 14.7 Å². The van der Waals surface area contributed by atoms with Crippen LogP contribution < -0.4 is 4.90 Å². The quantitative estimate of drug-likeness (QED) is 0.936. The van der Waals surface area contributed by atoms with Crippen molar-refractivity contribution >= 4 is 17.6 Å². The van der Waals surface area contributed by atoms with E-state index in [0.717, 1.165) is 5.69 Å². The second-order valence-corrected chi connectivity index (χ2v) is 4.71. The molecule has 1 N–H and O–H groups in total. The Kier molecular flexibility index (Phi) is 4.33. The Morgan fingerprint density at radius 2 is 1.76 bits per heavy atom. The number of hydrogen-bond acceptors (Lipinski definition) is 3. The fraction of sp³-hybridized carbons (Fsp3) is 0.188. The topological polar surface area (TPSA) is 70.5 Å². The molecule has 108 valence electrons. The number of aromatic nitrogens is 1. The number of aryl methyl sites for hydroxylation is 2. The minimum atomic E-state index is -1.06. The fourth-order valence-electron chi connectivity index (χ4n) is 2.08. The van der Waals surface area contributed by atoms with Crippen LogP contribution in [0.4, 0.5) is 5.69 Å². The Balaban J connectivity index is 2.41. The monoisotopic (exact) mass is 284 g/mol. The molecule has 0 atom stereocenters. The first kappa shape index (κ1) is 14.7. The van der Waals surface area contributed by atoms with Crippen LogP contribution in [0.15, 0.2) is 42.5 Å². The lowest BCUT2D eigenvalue weighted by Crippen LogP contribution is -2.36. The standard InChI is InChI=1S/C16H16N2O3/c1-11-8-9-14(12(2)17-11)16(21)18(10-15(19)20)13-6-4-3-5-7-13/h3-9H,10H2,1-2H3,(H,19,20). The van der Waals surface area contributed by atoms with Crippen molar-refractivity contribution in [3.63, 3.8) is 0 Å². The third-order valence-electron chi connectivity index (χ3n) is 3.06. The first-order chi connectivity index (χ1) is 9.99. The number of nitrogens with zero attached hydrogens (tertiary/aromatic N) is 2. The lowest BCUT2D eigenvalue weighted by Gasteiger charge is -2.21. The van der Waals surface area contributed by atoms with Crippen LogP contribution in [-0.2, 0) is 4.79 Å². The molecule has 0 unspecified atom stereocenters. The number of carboxylic acids is 1. The Labute approximate surface area is 122 Å². The van der Waals surface area contributed by atoms with E-state index in [-0.39, 0.29) is 5.91 Å². The Hall–Kier alpha value is -2.69. The van der Waals surface area contributed by atoms with Gasteiger partial charge in [-0.05, 0) is 38.1 Å². The molecular weight excluding hydrogens is 268 g/mol. The van der Waals surface area contributed by atoms with Crippen molar-refractivity contribution in [3.05, 3.63) is 59.4 Å². The van der Waals surface area contributed by atoms with Gasteiger partial charge in [-0.2, -0.15) is 0 Å². The molecular formula is C16H16N2O3.